The van der Waals surface area contributed by atoms with Gasteiger partial charge in [0.2, 0.25) is 5.91 Å². The predicted octanol–water partition coefficient (Wildman–Crippen LogP) is 2.42. The first-order chi connectivity index (χ1) is 16.4. The molecule has 34 heavy (non-hydrogen) atoms. The molecule has 1 fully saturated rings. The number of anilines is 1. The number of pyridine rings is 1. The third-order valence-electron chi connectivity index (χ3n) is 6.26. The summed E-state index contributed by atoms with van der Waals surface area (Å²) < 4.78 is 1.29. The van der Waals surface area contributed by atoms with Crippen LogP contribution in [0.4, 0.5) is 5.69 Å². The van der Waals surface area contributed by atoms with Crippen molar-refractivity contribution < 1.29 is 19.2 Å². The van der Waals surface area contributed by atoms with Gasteiger partial charge < -0.3 is 14.8 Å². The lowest BCUT2D eigenvalue weighted by molar-refractivity contribution is -0.116. The minimum Gasteiger partial charge on any atom is -0.339 e. The van der Waals surface area contributed by atoms with E-state index in [4.69, 9.17) is 0 Å². The van der Waals surface area contributed by atoms with E-state index in [0.29, 0.717) is 29.8 Å². The average Bonchev–Trinajstić information content (AvgIpc) is 3.00. The third-order valence-corrected chi connectivity index (χ3v) is 6.26. The first-order valence-electron chi connectivity index (χ1n) is 11.6. The fourth-order valence-electron chi connectivity index (χ4n) is 4.43. The molecule has 0 unspecified atom stereocenters. The van der Waals surface area contributed by atoms with Crippen LogP contribution in [0.1, 0.15) is 69.6 Å². The number of aryl methyl sites for hydroxylation is 1. The van der Waals surface area contributed by atoms with Crippen molar-refractivity contribution in [3.8, 4) is 0 Å². The molecule has 2 aliphatic heterocycles. The van der Waals surface area contributed by atoms with Gasteiger partial charge in [-0.05, 0) is 37.5 Å². The van der Waals surface area contributed by atoms with Gasteiger partial charge in [-0.1, -0.05) is 25.0 Å². The molecule has 0 saturated carbocycles. The lowest BCUT2D eigenvalue weighted by Gasteiger charge is -2.21. The number of likely N-dealkylation sites (tertiary alicyclic amines) is 1. The molecule has 1 aromatic carbocycles. The molecule has 3 heterocycles. The van der Waals surface area contributed by atoms with E-state index in [9.17, 15) is 24.0 Å². The quantitative estimate of drug-likeness (QED) is 0.661. The number of rotatable bonds is 6. The van der Waals surface area contributed by atoms with Crippen LogP contribution in [-0.2, 0) is 11.8 Å². The fourth-order valence-corrected chi connectivity index (χ4v) is 4.43. The van der Waals surface area contributed by atoms with E-state index >= 15 is 0 Å². The first-order valence-corrected chi connectivity index (χ1v) is 11.6. The maximum Gasteiger partial charge on any atom is 0.274 e. The molecule has 1 N–H and O–H groups in total. The summed E-state index contributed by atoms with van der Waals surface area (Å²) in [6.45, 7) is 1.47. The van der Waals surface area contributed by atoms with Gasteiger partial charge in [0.05, 0.1) is 16.7 Å². The first kappa shape index (κ1) is 23.4. The highest BCUT2D eigenvalue weighted by Gasteiger charge is 2.34. The number of nitrogens with zero attached hydrogens (tertiary/aromatic N) is 3. The summed E-state index contributed by atoms with van der Waals surface area (Å²) in [4.78, 5) is 65.8. The summed E-state index contributed by atoms with van der Waals surface area (Å²) >= 11 is 0. The predicted molar refractivity (Wildman–Crippen MR) is 126 cm³/mol. The second-order valence-corrected chi connectivity index (χ2v) is 8.72. The van der Waals surface area contributed by atoms with Crippen molar-refractivity contribution in [3.05, 3.63) is 63.6 Å². The fraction of sp³-hybridized carbons (Fsp3) is 0.400. The summed E-state index contributed by atoms with van der Waals surface area (Å²) in [5.41, 5.74) is 0.706. The van der Waals surface area contributed by atoms with Crippen molar-refractivity contribution in [3.63, 3.8) is 0 Å². The maximum atomic E-state index is 13.0. The molecule has 0 aliphatic carbocycles. The van der Waals surface area contributed by atoms with Crippen molar-refractivity contribution in [1.29, 1.82) is 0 Å². The van der Waals surface area contributed by atoms with E-state index in [0.717, 1.165) is 30.6 Å². The van der Waals surface area contributed by atoms with Crippen LogP contribution in [0.2, 0.25) is 0 Å². The highest BCUT2D eigenvalue weighted by atomic mass is 16.2. The van der Waals surface area contributed by atoms with E-state index in [1.165, 1.54) is 16.8 Å². The molecular weight excluding hydrogens is 436 g/mol. The van der Waals surface area contributed by atoms with Crippen LogP contribution < -0.4 is 10.9 Å². The van der Waals surface area contributed by atoms with Crippen molar-refractivity contribution in [1.82, 2.24) is 14.4 Å². The van der Waals surface area contributed by atoms with Crippen LogP contribution in [-0.4, -0.2) is 57.6 Å². The molecule has 0 spiro atoms. The number of carbonyl (C=O) groups excluding carboxylic acids is 4. The van der Waals surface area contributed by atoms with E-state index < -0.39 is 11.5 Å². The smallest absolute Gasteiger partial charge is 0.274 e. The molecule has 0 radical (unpaired) electrons. The lowest BCUT2D eigenvalue weighted by Crippen LogP contribution is -2.34. The van der Waals surface area contributed by atoms with Gasteiger partial charge in [-0.3, -0.25) is 28.9 Å². The Balaban J connectivity index is 1.37. The Kier molecular flexibility index (Phi) is 6.90. The Morgan fingerprint density at radius 3 is 2.18 bits per heavy atom. The van der Waals surface area contributed by atoms with Gasteiger partial charge >= 0.3 is 0 Å². The Hall–Kier alpha value is -3.75. The summed E-state index contributed by atoms with van der Waals surface area (Å²) in [5.74, 6) is -1.31. The second kappa shape index (κ2) is 10.0. The van der Waals surface area contributed by atoms with E-state index in [2.05, 4.69) is 5.32 Å². The Bertz CT molecular complexity index is 1160. The van der Waals surface area contributed by atoms with Crippen molar-refractivity contribution in [2.24, 2.45) is 7.05 Å². The standard InChI is InChI=1S/C25H28N4O5/c1-27-16-17(22(31)28-12-6-2-3-7-13-28)15-20(25(27)34)26-21(30)11-8-14-29-23(32)18-9-4-5-10-19(18)24(29)33/h4-5,9-10,15-16H,2-3,6-8,11-14H2,1H3,(H,26,30). The van der Waals surface area contributed by atoms with Crippen molar-refractivity contribution in [2.75, 3.05) is 25.0 Å². The normalized spacial score (nSPS) is 15.8. The van der Waals surface area contributed by atoms with Crippen LogP contribution >= 0.6 is 0 Å². The molecule has 178 valence electrons. The SMILES string of the molecule is Cn1cc(C(=O)N2CCCCCC2)cc(NC(=O)CCCN2C(=O)c3ccccc3C2=O)c1=O. The monoisotopic (exact) mass is 464 g/mol. The molecule has 1 aromatic heterocycles. The molecule has 9 nitrogen and oxygen atoms in total. The molecule has 2 aromatic rings. The summed E-state index contributed by atoms with van der Waals surface area (Å²) in [6, 6.07) is 8.05. The minimum absolute atomic E-state index is 0.0147. The van der Waals surface area contributed by atoms with Gasteiger partial charge in [-0.25, -0.2) is 0 Å². The van der Waals surface area contributed by atoms with Gasteiger partial charge in [-0.15, -0.1) is 0 Å². The largest absolute Gasteiger partial charge is 0.339 e. The second-order valence-electron chi connectivity index (χ2n) is 8.72. The van der Waals surface area contributed by atoms with Gasteiger partial charge in [0, 0.05) is 39.3 Å². The van der Waals surface area contributed by atoms with E-state index in [1.54, 1.807) is 36.2 Å². The number of nitrogens with one attached hydrogen (secondary N) is 1. The summed E-state index contributed by atoms with van der Waals surface area (Å²) in [6.07, 6.45) is 5.86. The number of imide groups is 1. The molecule has 1 saturated heterocycles. The third kappa shape index (κ3) is 4.78. The molecule has 9 heteroatoms. The van der Waals surface area contributed by atoms with Gasteiger partial charge in [0.25, 0.3) is 23.3 Å². The molecule has 2 aliphatic rings. The topological polar surface area (TPSA) is 109 Å². The number of benzene rings is 1. The van der Waals surface area contributed by atoms with Crippen LogP contribution in [0.5, 0.6) is 0 Å². The highest BCUT2D eigenvalue weighted by Crippen LogP contribution is 2.22. The highest BCUT2D eigenvalue weighted by molar-refractivity contribution is 6.21. The van der Waals surface area contributed by atoms with Crippen LogP contribution in [0.25, 0.3) is 0 Å². The lowest BCUT2D eigenvalue weighted by atomic mass is 10.1. The number of carbonyl (C=O) groups is 4. The van der Waals surface area contributed by atoms with E-state index in [-0.39, 0.29) is 42.8 Å². The Morgan fingerprint density at radius 1 is 0.941 bits per heavy atom. The zero-order valence-corrected chi connectivity index (χ0v) is 19.2. The molecule has 0 atom stereocenters. The molecule has 4 amide bonds. The summed E-state index contributed by atoms with van der Waals surface area (Å²) in [7, 11) is 1.54. The molecular formula is C25H28N4O5. The van der Waals surface area contributed by atoms with Crippen molar-refractivity contribution in [2.45, 2.75) is 38.5 Å². The molecule has 4 rings (SSSR count). The average molecular weight is 465 g/mol. The van der Waals surface area contributed by atoms with Crippen LogP contribution in [0.15, 0.2) is 41.3 Å². The van der Waals surface area contributed by atoms with Crippen molar-refractivity contribution >= 4 is 29.3 Å². The van der Waals surface area contributed by atoms with Crippen LogP contribution in [0, 0.1) is 0 Å². The number of hydrogen-bond acceptors (Lipinski definition) is 5. The minimum atomic E-state index is -0.423. The summed E-state index contributed by atoms with van der Waals surface area (Å²) in [5, 5.41) is 2.60. The van der Waals surface area contributed by atoms with Gasteiger partial charge in [-0.2, -0.15) is 0 Å². The zero-order chi connectivity index (χ0) is 24.2. The van der Waals surface area contributed by atoms with Gasteiger partial charge in [0.1, 0.15) is 5.69 Å². The number of hydrogen-bond donors (Lipinski definition) is 1. The van der Waals surface area contributed by atoms with E-state index in [1.807, 2.05) is 0 Å². The van der Waals surface area contributed by atoms with Crippen LogP contribution in [0.3, 0.4) is 0 Å². The maximum absolute atomic E-state index is 13.0. The zero-order valence-electron chi connectivity index (χ0n) is 19.2. The number of fused-ring (bicyclic) bond motifs is 1. The van der Waals surface area contributed by atoms with Gasteiger partial charge in [0.15, 0.2) is 0 Å². The Labute approximate surface area is 197 Å². The number of amides is 4. The number of aromatic nitrogens is 1. The molecule has 0 bridgehead atoms. The Morgan fingerprint density at radius 2 is 1.56 bits per heavy atom.